The second kappa shape index (κ2) is 5.74. The molecule has 5 nitrogen and oxygen atoms in total. The van der Waals surface area contributed by atoms with Crippen LogP contribution in [0.4, 0.5) is 23.9 Å². The Morgan fingerprint density at radius 1 is 1.58 bits per heavy atom. The lowest BCUT2D eigenvalue weighted by Gasteiger charge is -2.17. The molecule has 1 rings (SSSR count). The third-order valence-electron chi connectivity index (χ3n) is 2.40. The lowest BCUT2D eigenvalue weighted by molar-refractivity contribution is -0.383. The molecule has 0 amide bonds. The number of alkyl halides is 3. The Morgan fingerprint density at radius 3 is 2.58 bits per heavy atom. The van der Waals surface area contributed by atoms with E-state index in [-0.39, 0.29) is 17.2 Å². The van der Waals surface area contributed by atoms with Crippen molar-refractivity contribution in [1.29, 1.82) is 0 Å². The van der Waals surface area contributed by atoms with Crippen molar-refractivity contribution >= 4 is 22.0 Å². The monoisotopic (exact) mass is 298 g/mol. The molecule has 0 aromatic carbocycles. The molecule has 1 heterocycles. The van der Waals surface area contributed by atoms with Gasteiger partial charge in [0.15, 0.2) is 5.00 Å². The molecule has 0 radical (unpaired) electrons. The van der Waals surface area contributed by atoms with Gasteiger partial charge < -0.3 is 10.0 Å². The van der Waals surface area contributed by atoms with Crippen LogP contribution in [0.25, 0.3) is 0 Å². The highest BCUT2D eigenvalue weighted by molar-refractivity contribution is 7.16. The van der Waals surface area contributed by atoms with Crippen LogP contribution in [0.2, 0.25) is 0 Å². The summed E-state index contributed by atoms with van der Waals surface area (Å²) in [6.45, 7) is 1.07. The Bertz CT molecular complexity index is 459. The fourth-order valence-electron chi connectivity index (χ4n) is 1.40. The number of halogens is 3. The third kappa shape index (κ3) is 4.35. The van der Waals surface area contributed by atoms with Crippen LogP contribution >= 0.6 is 11.3 Å². The average Bonchev–Trinajstić information content (AvgIpc) is 2.69. The largest absolute Gasteiger partial charge is 0.390 e. The van der Waals surface area contributed by atoms with Crippen LogP contribution in [0.3, 0.4) is 0 Å². The van der Waals surface area contributed by atoms with Crippen molar-refractivity contribution in [2.75, 3.05) is 18.5 Å². The quantitative estimate of drug-likeness (QED) is 0.670. The van der Waals surface area contributed by atoms with Gasteiger partial charge in [-0.25, -0.2) is 0 Å². The van der Waals surface area contributed by atoms with E-state index in [1.165, 1.54) is 24.9 Å². The maximum absolute atomic E-state index is 12.1. The molecule has 0 spiro atoms. The summed E-state index contributed by atoms with van der Waals surface area (Å²) in [6.07, 6.45) is -6.26. The van der Waals surface area contributed by atoms with Crippen LogP contribution in [0, 0.1) is 10.1 Å². The van der Waals surface area contributed by atoms with E-state index in [2.05, 4.69) is 0 Å². The number of aliphatic hydroxyl groups is 1. The highest BCUT2D eigenvalue weighted by Crippen LogP contribution is 2.40. The topological polar surface area (TPSA) is 66.6 Å². The van der Waals surface area contributed by atoms with E-state index in [0.29, 0.717) is 4.88 Å². The molecule has 0 aliphatic heterocycles. The van der Waals surface area contributed by atoms with E-state index in [0.717, 1.165) is 11.3 Å². The Morgan fingerprint density at radius 2 is 2.16 bits per heavy atom. The number of anilines is 1. The van der Waals surface area contributed by atoms with Crippen LogP contribution < -0.4 is 4.90 Å². The maximum Gasteiger partial charge on any atom is 0.390 e. The lowest BCUT2D eigenvalue weighted by Crippen LogP contribution is -2.23. The van der Waals surface area contributed by atoms with Crippen LogP contribution in [-0.4, -0.2) is 29.8 Å². The van der Waals surface area contributed by atoms with Crippen LogP contribution in [0.15, 0.2) is 6.07 Å². The summed E-state index contributed by atoms with van der Waals surface area (Å²) in [6, 6.07) is 1.19. The lowest BCUT2D eigenvalue weighted by atomic mass is 10.3. The highest BCUT2D eigenvalue weighted by Gasteiger charge is 2.29. The number of nitro groups is 1. The van der Waals surface area contributed by atoms with Crippen LogP contribution in [0.1, 0.15) is 24.3 Å². The minimum absolute atomic E-state index is 0.116. The first-order chi connectivity index (χ1) is 8.61. The first-order valence-electron chi connectivity index (χ1n) is 5.36. The molecule has 0 saturated heterocycles. The van der Waals surface area contributed by atoms with E-state index in [4.69, 9.17) is 0 Å². The molecule has 108 valence electrons. The van der Waals surface area contributed by atoms with Crippen molar-refractivity contribution < 1.29 is 23.2 Å². The molecular weight excluding hydrogens is 285 g/mol. The van der Waals surface area contributed by atoms with Gasteiger partial charge >= 0.3 is 11.9 Å². The van der Waals surface area contributed by atoms with Gasteiger partial charge in [-0.3, -0.25) is 10.1 Å². The summed E-state index contributed by atoms with van der Waals surface area (Å²) in [5, 5.41) is 20.3. The second-order valence-electron chi connectivity index (χ2n) is 4.06. The Balaban J connectivity index is 2.94. The van der Waals surface area contributed by atoms with Crippen molar-refractivity contribution in [3.8, 4) is 0 Å². The van der Waals surface area contributed by atoms with Gasteiger partial charge in [0, 0.05) is 24.5 Å². The van der Waals surface area contributed by atoms with Crippen LogP contribution in [-0.2, 0) is 0 Å². The molecule has 0 saturated carbocycles. The molecule has 1 aromatic heterocycles. The third-order valence-corrected chi connectivity index (χ3v) is 3.81. The molecule has 0 unspecified atom stereocenters. The van der Waals surface area contributed by atoms with Gasteiger partial charge in [-0.15, -0.1) is 11.3 Å². The number of rotatable bonds is 5. The van der Waals surface area contributed by atoms with Gasteiger partial charge in [-0.05, 0) is 6.92 Å². The van der Waals surface area contributed by atoms with Crippen molar-refractivity contribution in [1.82, 2.24) is 0 Å². The predicted octanol–water partition coefficient (Wildman–Crippen LogP) is 3.10. The zero-order valence-corrected chi connectivity index (χ0v) is 11.1. The first kappa shape index (κ1) is 15.7. The molecule has 1 N–H and O–H groups in total. The zero-order valence-electron chi connectivity index (χ0n) is 10.3. The molecule has 0 bridgehead atoms. The Hall–Kier alpha value is -1.35. The Labute approximate surface area is 111 Å². The maximum atomic E-state index is 12.1. The molecule has 1 atom stereocenters. The van der Waals surface area contributed by atoms with Crippen molar-refractivity contribution in [2.45, 2.75) is 25.6 Å². The molecule has 19 heavy (non-hydrogen) atoms. The summed E-state index contributed by atoms with van der Waals surface area (Å²) in [7, 11) is 1.36. The summed E-state index contributed by atoms with van der Waals surface area (Å²) < 4.78 is 36.4. The summed E-state index contributed by atoms with van der Waals surface area (Å²) in [4.78, 5) is 11.7. The number of nitrogens with zero attached hydrogens (tertiary/aromatic N) is 2. The second-order valence-corrected chi connectivity index (χ2v) is 5.12. The van der Waals surface area contributed by atoms with Crippen molar-refractivity contribution in [3.05, 3.63) is 21.1 Å². The van der Waals surface area contributed by atoms with Crippen molar-refractivity contribution in [2.24, 2.45) is 0 Å². The summed E-state index contributed by atoms with van der Waals surface area (Å²) >= 11 is 0.922. The molecular formula is C10H13F3N2O3S. The summed E-state index contributed by atoms with van der Waals surface area (Å²) in [5.41, 5.74) is -0.287. The van der Waals surface area contributed by atoms with Gasteiger partial charge in [0.25, 0.3) is 0 Å². The number of thiophene rings is 1. The van der Waals surface area contributed by atoms with Crippen LogP contribution in [0.5, 0.6) is 0 Å². The Kier molecular flexibility index (Phi) is 4.75. The molecule has 0 aliphatic rings. The number of hydrogen-bond acceptors (Lipinski definition) is 5. The summed E-state index contributed by atoms with van der Waals surface area (Å²) in [5.74, 6) is 0. The molecule has 0 fully saturated rings. The van der Waals surface area contributed by atoms with E-state index in [1.807, 2.05) is 0 Å². The SMILES string of the molecule is C[C@H](O)c1cc([N+](=O)[O-])c(N(C)CCC(F)(F)F)s1. The molecule has 9 heteroatoms. The fraction of sp³-hybridized carbons (Fsp3) is 0.600. The standard InChI is InChI=1S/C10H13F3N2O3S/c1-6(16)8-5-7(15(17)18)9(19-8)14(2)4-3-10(11,12)13/h5-6,16H,3-4H2,1-2H3/t6-/m0/s1. The minimum Gasteiger partial charge on any atom is -0.388 e. The van der Waals surface area contributed by atoms with Gasteiger partial charge in [-0.1, -0.05) is 0 Å². The first-order valence-corrected chi connectivity index (χ1v) is 6.17. The molecule has 1 aromatic rings. The van der Waals surface area contributed by atoms with Gasteiger partial charge in [0.1, 0.15) is 0 Å². The number of hydrogen-bond donors (Lipinski definition) is 1. The minimum atomic E-state index is -4.31. The van der Waals surface area contributed by atoms with E-state index in [9.17, 15) is 28.4 Å². The fourth-order valence-corrected chi connectivity index (χ4v) is 2.45. The van der Waals surface area contributed by atoms with Gasteiger partial charge in [-0.2, -0.15) is 13.2 Å². The van der Waals surface area contributed by atoms with Gasteiger partial charge in [0.2, 0.25) is 0 Å². The molecule has 0 aliphatic carbocycles. The van der Waals surface area contributed by atoms with Crippen molar-refractivity contribution in [3.63, 3.8) is 0 Å². The van der Waals surface area contributed by atoms with E-state index >= 15 is 0 Å². The smallest absolute Gasteiger partial charge is 0.388 e. The average molecular weight is 298 g/mol. The highest BCUT2D eigenvalue weighted by atomic mass is 32.1. The normalized spacial score (nSPS) is 13.4. The van der Waals surface area contributed by atoms with E-state index in [1.54, 1.807) is 0 Å². The van der Waals surface area contributed by atoms with Gasteiger partial charge in [0.05, 0.1) is 17.4 Å². The predicted molar refractivity (Wildman–Crippen MR) is 65.5 cm³/mol. The number of aliphatic hydroxyl groups excluding tert-OH is 1. The zero-order chi connectivity index (χ0) is 14.8. The van der Waals surface area contributed by atoms with E-state index < -0.39 is 23.6 Å².